The van der Waals surface area contributed by atoms with Gasteiger partial charge in [0.2, 0.25) is 0 Å². The molecule has 1 aromatic rings. The molecule has 4 nitrogen and oxygen atoms in total. The van der Waals surface area contributed by atoms with Crippen molar-refractivity contribution in [3.63, 3.8) is 0 Å². The number of carbonyl (C=O) groups excluding carboxylic acids is 1. The van der Waals surface area contributed by atoms with Crippen LogP contribution in [0.25, 0.3) is 0 Å². The zero-order valence-electron chi connectivity index (χ0n) is 9.49. The fourth-order valence-corrected chi connectivity index (χ4v) is 2.43. The first-order valence-electron chi connectivity index (χ1n) is 5.34. The molecule has 1 saturated heterocycles. The number of aryl methyl sites for hydroxylation is 2. The quantitative estimate of drug-likeness (QED) is 0.754. The average Bonchev–Trinajstić information content (AvgIpc) is 2.86. The Morgan fingerprint density at radius 2 is 2.38 bits per heavy atom. The molecule has 5 heteroatoms. The van der Waals surface area contributed by atoms with Gasteiger partial charge in [0, 0.05) is 12.5 Å². The van der Waals surface area contributed by atoms with Gasteiger partial charge in [0.15, 0.2) is 0 Å². The Hall–Kier alpha value is -0.810. The van der Waals surface area contributed by atoms with Gasteiger partial charge in [-0.3, -0.25) is 4.79 Å². The van der Waals surface area contributed by atoms with Crippen molar-refractivity contribution in [1.29, 1.82) is 0 Å². The predicted octanol–water partition coefficient (Wildman–Crippen LogP) is 1.99. The van der Waals surface area contributed by atoms with E-state index in [9.17, 15) is 4.79 Å². The van der Waals surface area contributed by atoms with Crippen molar-refractivity contribution < 1.29 is 13.9 Å². The summed E-state index contributed by atoms with van der Waals surface area (Å²) in [6, 6.07) is 0. The molecule has 1 fully saturated rings. The minimum atomic E-state index is 0.0738. The molecule has 0 N–H and O–H groups in total. The Balaban J connectivity index is 1.84. The predicted molar refractivity (Wildman–Crippen MR) is 60.6 cm³/mol. The summed E-state index contributed by atoms with van der Waals surface area (Å²) in [5.74, 6) is 1.55. The summed E-state index contributed by atoms with van der Waals surface area (Å²) in [5.41, 5.74) is 0.888. The van der Waals surface area contributed by atoms with Crippen molar-refractivity contribution in [3.05, 3.63) is 11.5 Å². The highest BCUT2D eigenvalue weighted by Gasteiger charge is 2.23. The van der Waals surface area contributed by atoms with E-state index in [2.05, 4.69) is 4.98 Å². The molecule has 2 rings (SSSR count). The third-order valence-electron chi connectivity index (χ3n) is 2.73. The maximum atomic E-state index is 11.7. The van der Waals surface area contributed by atoms with Crippen LogP contribution in [0.5, 0.6) is 0 Å². The van der Waals surface area contributed by atoms with Crippen LogP contribution in [-0.2, 0) is 9.53 Å². The standard InChI is InChI=1S/C11H15NO3S/c1-7-8(2)15-11(12-7)16-6-10(13)9-3-4-14-5-9/h9H,3-6H2,1-2H3. The molecule has 16 heavy (non-hydrogen) atoms. The maximum Gasteiger partial charge on any atom is 0.256 e. The fourth-order valence-electron chi connectivity index (χ4n) is 1.54. The van der Waals surface area contributed by atoms with Gasteiger partial charge in [-0.15, -0.1) is 0 Å². The second-order valence-electron chi connectivity index (χ2n) is 3.94. The second kappa shape index (κ2) is 5.01. The van der Waals surface area contributed by atoms with Crippen LogP contribution in [0.1, 0.15) is 17.9 Å². The van der Waals surface area contributed by atoms with Gasteiger partial charge in [-0.1, -0.05) is 11.8 Å². The monoisotopic (exact) mass is 241 g/mol. The zero-order valence-corrected chi connectivity index (χ0v) is 10.3. The summed E-state index contributed by atoms with van der Waals surface area (Å²) >= 11 is 1.37. The first-order chi connectivity index (χ1) is 7.66. The normalized spacial score (nSPS) is 20.2. The molecule has 0 saturated carbocycles. The van der Waals surface area contributed by atoms with E-state index < -0.39 is 0 Å². The molecule has 88 valence electrons. The Bertz CT molecular complexity index is 363. The largest absolute Gasteiger partial charge is 0.437 e. The lowest BCUT2D eigenvalue weighted by Gasteiger charge is -2.03. The second-order valence-corrected chi connectivity index (χ2v) is 4.86. The summed E-state index contributed by atoms with van der Waals surface area (Å²) in [5, 5.41) is 0.585. The topological polar surface area (TPSA) is 52.3 Å². The molecule has 0 amide bonds. The molecule has 1 aliphatic heterocycles. The van der Waals surface area contributed by atoms with Gasteiger partial charge in [-0.2, -0.15) is 0 Å². The van der Waals surface area contributed by atoms with Crippen LogP contribution in [0.2, 0.25) is 0 Å². The molecule has 1 aromatic heterocycles. The molecular weight excluding hydrogens is 226 g/mol. The Kier molecular flexibility index (Phi) is 3.66. The van der Waals surface area contributed by atoms with Crippen LogP contribution in [0.4, 0.5) is 0 Å². The minimum Gasteiger partial charge on any atom is -0.437 e. The number of hydrogen-bond donors (Lipinski definition) is 0. The molecule has 2 heterocycles. The van der Waals surface area contributed by atoms with E-state index in [1.54, 1.807) is 0 Å². The van der Waals surface area contributed by atoms with Crippen molar-refractivity contribution in [2.75, 3.05) is 19.0 Å². The zero-order chi connectivity index (χ0) is 11.5. The molecule has 0 spiro atoms. The number of carbonyl (C=O) groups is 1. The molecule has 0 bridgehead atoms. The summed E-state index contributed by atoms with van der Waals surface area (Å²) in [7, 11) is 0. The molecule has 1 atom stereocenters. The van der Waals surface area contributed by atoms with Crippen LogP contribution >= 0.6 is 11.8 Å². The number of thioether (sulfide) groups is 1. The molecule has 0 aliphatic carbocycles. The third kappa shape index (κ3) is 2.65. The number of aromatic nitrogens is 1. The highest BCUT2D eigenvalue weighted by atomic mass is 32.2. The third-order valence-corrected chi connectivity index (χ3v) is 3.58. The Morgan fingerprint density at radius 3 is 2.94 bits per heavy atom. The molecule has 0 radical (unpaired) electrons. The van der Waals surface area contributed by atoms with Crippen molar-refractivity contribution in [3.8, 4) is 0 Å². The number of ether oxygens (including phenoxy) is 1. The maximum absolute atomic E-state index is 11.7. The Morgan fingerprint density at radius 1 is 1.56 bits per heavy atom. The van der Waals surface area contributed by atoms with E-state index in [-0.39, 0.29) is 11.7 Å². The highest BCUT2D eigenvalue weighted by molar-refractivity contribution is 7.99. The van der Waals surface area contributed by atoms with E-state index in [4.69, 9.17) is 9.15 Å². The number of nitrogens with zero attached hydrogens (tertiary/aromatic N) is 1. The van der Waals surface area contributed by atoms with Crippen LogP contribution in [0, 0.1) is 19.8 Å². The van der Waals surface area contributed by atoms with E-state index in [1.807, 2.05) is 13.8 Å². The van der Waals surface area contributed by atoms with Gasteiger partial charge in [-0.05, 0) is 20.3 Å². The molecule has 1 aliphatic rings. The van der Waals surface area contributed by atoms with Gasteiger partial charge in [0.1, 0.15) is 11.5 Å². The lowest BCUT2D eigenvalue weighted by Crippen LogP contribution is -2.16. The van der Waals surface area contributed by atoms with Crippen LogP contribution in [0.3, 0.4) is 0 Å². The van der Waals surface area contributed by atoms with Gasteiger partial charge in [0.25, 0.3) is 5.22 Å². The first kappa shape index (κ1) is 11.7. The Labute approximate surface area is 98.8 Å². The summed E-state index contributed by atoms with van der Waals surface area (Å²) in [6.45, 7) is 5.05. The van der Waals surface area contributed by atoms with Gasteiger partial charge < -0.3 is 9.15 Å². The van der Waals surface area contributed by atoms with E-state index in [0.717, 1.165) is 17.9 Å². The average molecular weight is 241 g/mol. The summed E-state index contributed by atoms with van der Waals surface area (Å²) in [6.07, 6.45) is 0.850. The molecule has 0 aromatic carbocycles. The molecule has 1 unspecified atom stereocenters. The van der Waals surface area contributed by atoms with Gasteiger partial charge in [-0.25, -0.2) is 4.98 Å². The lowest BCUT2D eigenvalue weighted by atomic mass is 10.1. The number of ketones is 1. The highest BCUT2D eigenvalue weighted by Crippen LogP contribution is 2.22. The molecular formula is C11H15NO3S. The number of Topliss-reactive ketones (excluding diaryl/α,β-unsaturated/α-hetero) is 1. The fraction of sp³-hybridized carbons (Fsp3) is 0.636. The summed E-state index contributed by atoms with van der Waals surface area (Å²) < 4.78 is 10.6. The number of rotatable bonds is 4. The summed E-state index contributed by atoms with van der Waals surface area (Å²) in [4.78, 5) is 16.0. The van der Waals surface area contributed by atoms with E-state index in [1.165, 1.54) is 11.8 Å². The van der Waals surface area contributed by atoms with Gasteiger partial charge in [0.05, 0.1) is 18.1 Å². The van der Waals surface area contributed by atoms with Crippen LogP contribution in [-0.4, -0.2) is 29.7 Å². The van der Waals surface area contributed by atoms with Crippen molar-refractivity contribution in [2.45, 2.75) is 25.5 Å². The smallest absolute Gasteiger partial charge is 0.256 e. The van der Waals surface area contributed by atoms with Crippen molar-refractivity contribution in [2.24, 2.45) is 5.92 Å². The minimum absolute atomic E-state index is 0.0738. The van der Waals surface area contributed by atoms with Gasteiger partial charge >= 0.3 is 0 Å². The van der Waals surface area contributed by atoms with Crippen LogP contribution in [0.15, 0.2) is 9.64 Å². The van der Waals surface area contributed by atoms with Crippen molar-refractivity contribution >= 4 is 17.5 Å². The SMILES string of the molecule is Cc1nc(SCC(=O)C2CCOC2)oc1C. The van der Waals surface area contributed by atoms with Crippen LogP contribution < -0.4 is 0 Å². The van der Waals surface area contributed by atoms with Crippen molar-refractivity contribution in [1.82, 2.24) is 4.98 Å². The van der Waals surface area contributed by atoms with E-state index >= 15 is 0 Å². The first-order valence-corrected chi connectivity index (χ1v) is 6.32. The van der Waals surface area contributed by atoms with E-state index in [0.29, 0.717) is 24.2 Å². The number of hydrogen-bond acceptors (Lipinski definition) is 5. The number of oxazole rings is 1. The lowest BCUT2D eigenvalue weighted by molar-refractivity contribution is -0.120.